The van der Waals surface area contributed by atoms with Crippen LogP contribution in [0.25, 0.3) is 10.9 Å². The Morgan fingerprint density at radius 2 is 2.00 bits per heavy atom. The van der Waals surface area contributed by atoms with Crippen molar-refractivity contribution in [3.05, 3.63) is 60.3 Å². The van der Waals surface area contributed by atoms with E-state index in [0.29, 0.717) is 11.3 Å². The Bertz CT molecular complexity index is 843. The van der Waals surface area contributed by atoms with E-state index in [1.54, 1.807) is 26.3 Å². The van der Waals surface area contributed by atoms with Crippen molar-refractivity contribution in [3.63, 3.8) is 0 Å². The van der Waals surface area contributed by atoms with Crippen molar-refractivity contribution in [2.24, 2.45) is 0 Å². The first kappa shape index (κ1) is 14.1. The molecule has 0 radical (unpaired) electrons. The predicted octanol–water partition coefficient (Wildman–Crippen LogP) is 4.19. The molecule has 0 fully saturated rings. The number of anilines is 2. The van der Waals surface area contributed by atoms with Crippen LogP contribution in [0.3, 0.4) is 0 Å². The molecule has 0 aliphatic carbocycles. The van der Waals surface area contributed by atoms with Crippen LogP contribution in [0.1, 0.15) is 17.3 Å². The number of carbonyl (C=O) groups excluding carboxylic acids is 1. The smallest absolute Gasteiger partial charge is 0.162 e. The fourth-order valence-corrected chi connectivity index (χ4v) is 2.36. The third-order valence-electron chi connectivity index (χ3n) is 3.49. The lowest BCUT2D eigenvalue weighted by Crippen LogP contribution is -2.01. The number of fused-ring (bicyclic) bond motifs is 1. The van der Waals surface area contributed by atoms with Crippen molar-refractivity contribution in [3.8, 4) is 5.75 Å². The highest BCUT2D eigenvalue weighted by Crippen LogP contribution is 2.27. The van der Waals surface area contributed by atoms with Crippen LogP contribution in [0, 0.1) is 0 Å². The lowest BCUT2D eigenvalue weighted by atomic mass is 10.1. The maximum atomic E-state index is 11.8. The average Bonchev–Trinajstić information content (AvgIpc) is 2.55. The molecule has 0 unspecified atom stereocenters. The Labute approximate surface area is 128 Å². The number of ketones is 1. The molecule has 4 nitrogen and oxygen atoms in total. The predicted molar refractivity (Wildman–Crippen MR) is 88.0 cm³/mol. The third kappa shape index (κ3) is 2.76. The molecule has 0 amide bonds. The second kappa shape index (κ2) is 5.85. The van der Waals surface area contributed by atoms with E-state index in [-0.39, 0.29) is 5.78 Å². The van der Waals surface area contributed by atoms with Crippen molar-refractivity contribution in [1.29, 1.82) is 0 Å². The van der Waals surface area contributed by atoms with E-state index in [4.69, 9.17) is 4.74 Å². The number of nitrogens with zero attached hydrogens (tertiary/aromatic N) is 1. The number of hydrogen-bond acceptors (Lipinski definition) is 4. The fraction of sp³-hybridized carbons (Fsp3) is 0.111. The maximum absolute atomic E-state index is 11.8. The van der Waals surface area contributed by atoms with Crippen LogP contribution in [0.5, 0.6) is 5.75 Å². The highest BCUT2D eigenvalue weighted by Gasteiger charge is 2.09. The van der Waals surface area contributed by atoms with Gasteiger partial charge in [-0.3, -0.25) is 9.78 Å². The lowest BCUT2D eigenvalue weighted by molar-refractivity contribution is 0.101. The minimum absolute atomic E-state index is 0.0103. The first-order valence-electron chi connectivity index (χ1n) is 6.98. The molecule has 1 heterocycles. The summed E-state index contributed by atoms with van der Waals surface area (Å²) in [5, 5.41) is 4.34. The summed E-state index contributed by atoms with van der Waals surface area (Å²) in [4.78, 5) is 16.1. The molecule has 22 heavy (non-hydrogen) atoms. The molecule has 3 aromatic rings. The van der Waals surface area contributed by atoms with Crippen LogP contribution in [0.15, 0.2) is 54.7 Å². The summed E-state index contributed by atoms with van der Waals surface area (Å²) in [5.74, 6) is 0.655. The molecule has 0 aliphatic heterocycles. The largest absolute Gasteiger partial charge is 0.497 e. The number of Topliss-reactive ketones (excluding diaryl/α,β-unsaturated/α-hetero) is 1. The monoisotopic (exact) mass is 292 g/mol. The average molecular weight is 292 g/mol. The van der Waals surface area contributed by atoms with E-state index < -0.39 is 0 Å². The highest BCUT2D eigenvalue weighted by atomic mass is 16.5. The van der Waals surface area contributed by atoms with Crippen LogP contribution in [0.4, 0.5) is 11.4 Å². The summed E-state index contributed by atoms with van der Waals surface area (Å²) in [6, 6.07) is 15.2. The normalized spacial score (nSPS) is 10.5. The minimum atomic E-state index is -0.0103. The van der Waals surface area contributed by atoms with E-state index >= 15 is 0 Å². The number of carbonyl (C=O) groups is 1. The topological polar surface area (TPSA) is 51.2 Å². The Kier molecular flexibility index (Phi) is 3.74. The van der Waals surface area contributed by atoms with Crippen molar-refractivity contribution in [2.45, 2.75) is 6.92 Å². The highest BCUT2D eigenvalue weighted by molar-refractivity contribution is 6.01. The Balaban J connectivity index is 1.98. The van der Waals surface area contributed by atoms with Crippen LogP contribution < -0.4 is 10.1 Å². The summed E-state index contributed by atoms with van der Waals surface area (Å²) in [7, 11) is 1.59. The van der Waals surface area contributed by atoms with Gasteiger partial charge < -0.3 is 10.1 Å². The Hall–Kier alpha value is -2.88. The number of nitrogens with one attached hydrogen (secondary N) is 1. The van der Waals surface area contributed by atoms with Gasteiger partial charge in [-0.25, -0.2) is 0 Å². The van der Waals surface area contributed by atoms with Crippen molar-refractivity contribution in [2.75, 3.05) is 12.4 Å². The second-order valence-corrected chi connectivity index (χ2v) is 5.00. The third-order valence-corrected chi connectivity index (χ3v) is 3.49. The number of hydrogen-bond donors (Lipinski definition) is 1. The van der Waals surface area contributed by atoms with Gasteiger partial charge in [0.15, 0.2) is 5.78 Å². The van der Waals surface area contributed by atoms with Gasteiger partial charge in [0.1, 0.15) is 5.75 Å². The summed E-state index contributed by atoms with van der Waals surface area (Å²) in [5.41, 5.74) is 3.21. The first-order valence-corrected chi connectivity index (χ1v) is 6.98. The Morgan fingerprint density at radius 3 is 2.77 bits per heavy atom. The number of benzene rings is 2. The SMILES string of the molecule is COc1ccc(Nc2ccc3ncccc3c2)c(C(C)=O)c1. The molecule has 0 saturated carbocycles. The zero-order valence-electron chi connectivity index (χ0n) is 12.5. The van der Waals surface area contributed by atoms with Crippen molar-refractivity contribution >= 4 is 28.1 Å². The van der Waals surface area contributed by atoms with Crippen LogP contribution in [0.2, 0.25) is 0 Å². The quantitative estimate of drug-likeness (QED) is 0.733. The second-order valence-electron chi connectivity index (χ2n) is 5.00. The number of pyridine rings is 1. The number of aromatic nitrogens is 1. The van der Waals surface area contributed by atoms with E-state index in [2.05, 4.69) is 10.3 Å². The van der Waals surface area contributed by atoms with Gasteiger partial charge in [0.05, 0.1) is 12.6 Å². The van der Waals surface area contributed by atoms with Crippen molar-refractivity contribution in [1.82, 2.24) is 4.98 Å². The molecule has 0 aliphatic rings. The summed E-state index contributed by atoms with van der Waals surface area (Å²) >= 11 is 0. The van der Waals surface area contributed by atoms with E-state index in [1.807, 2.05) is 42.5 Å². The van der Waals surface area contributed by atoms with Crippen LogP contribution in [-0.4, -0.2) is 17.9 Å². The first-order chi connectivity index (χ1) is 10.7. The molecule has 2 aromatic carbocycles. The number of methoxy groups -OCH3 is 1. The molecule has 4 heteroatoms. The van der Waals surface area contributed by atoms with Gasteiger partial charge in [-0.1, -0.05) is 6.07 Å². The zero-order chi connectivity index (χ0) is 15.5. The minimum Gasteiger partial charge on any atom is -0.497 e. The van der Waals surface area contributed by atoms with Gasteiger partial charge in [0, 0.05) is 28.5 Å². The fourth-order valence-electron chi connectivity index (χ4n) is 2.36. The van der Waals surface area contributed by atoms with Gasteiger partial charge in [0.25, 0.3) is 0 Å². The maximum Gasteiger partial charge on any atom is 0.162 e. The van der Waals surface area contributed by atoms with Crippen molar-refractivity contribution < 1.29 is 9.53 Å². The lowest BCUT2D eigenvalue weighted by Gasteiger charge is -2.12. The van der Waals surface area contributed by atoms with E-state index in [0.717, 1.165) is 22.3 Å². The van der Waals surface area contributed by atoms with Gasteiger partial charge in [-0.2, -0.15) is 0 Å². The molecule has 1 N–H and O–H groups in total. The Morgan fingerprint density at radius 1 is 1.14 bits per heavy atom. The van der Waals surface area contributed by atoms with Gasteiger partial charge in [0.2, 0.25) is 0 Å². The molecule has 0 spiro atoms. The molecule has 110 valence electrons. The van der Waals surface area contributed by atoms with Gasteiger partial charge >= 0.3 is 0 Å². The van der Waals surface area contributed by atoms with Crippen LogP contribution >= 0.6 is 0 Å². The summed E-state index contributed by atoms with van der Waals surface area (Å²) in [6.45, 7) is 1.55. The number of rotatable bonds is 4. The molecular formula is C18H16N2O2. The molecule has 1 aromatic heterocycles. The standard InChI is InChI=1S/C18H16N2O2/c1-12(21)16-11-15(22-2)6-8-18(16)20-14-5-7-17-13(10-14)4-3-9-19-17/h3-11,20H,1-2H3. The van der Waals surface area contributed by atoms with Crippen LogP contribution in [-0.2, 0) is 0 Å². The van der Waals surface area contributed by atoms with Gasteiger partial charge in [-0.15, -0.1) is 0 Å². The molecular weight excluding hydrogens is 276 g/mol. The molecule has 0 bridgehead atoms. The zero-order valence-corrected chi connectivity index (χ0v) is 12.5. The summed E-state index contributed by atoms with van der Waals surface area (Å²) < 4.78 is 5.18. The van der Waals surface area contributed by atoms with Gasteiger partial charge in [-0.05, 0) is 49.4 Å². The number of ether oxygens (including phenoxy) is 1. The summed E-state index contributed by atoms with van der Waals surface area (Å²) in [6.07, 6.45) is 1.77. The van der Waals surface area contributed by atoms with E-state index in [1.165, 1.54) is 0 Å². The molecule has 3 rings (SSSR count). The molecule has 0 saturated heterocycles. The van der Waals surface area contributed by atoms with E-state index in [9.17, 15) is 4.79 Å². The molecule has 0 atom stereocenters.